The average molecular weight is 342 g/mol. The molecule has 1 N–H and O–H groups in total. The van der Waals surface area contributed by atoms with E-state index in [0.717, 1.165) is 11.3 Å². The summed E-state index contributed by atoms with van der Waals surface area (Å²) in [6.07, 6.45) is 0.675. The van der Waals surface area contributed by atoms with Gasteiger partial charge in [0.05, 0.1) is 7.11 Å². The fraction of sp³-hybridized carbons (Fsp3) is 0.158. The molecule has 0 saturated heterocycles. The smallest absolute Gasteiger partial charge is 0.211 e. The van der Waals surface area contributed by atoms with Gasteiger partial charge in [-0.15, -0.1) is 0 Å². The molecule has 1 aliphatic carbocycles. The summed E-state index contributed by atoms with van der Waals surface area (Å²) in [5.74, 6) is 0.208. The first-order valence-electron chi connectivity index (χ1n) is 7.57. The highest BCUT2D eigenvalue weighted by Gasteiger charge is 2.30. The van der Waals surface area contributed by atoms with Crippen LogP contribution < -0.4 is 10.1 Å². The van der Waals surface area contributed by atoms with Crippen LogP contribution >= 0.6 is 11.6 Å². The number of fused-ring (bicyclic) bond motifs is 1. The molecular formula is C19H16ClNO3. The Bertz CT molecular complexity index is 842. The van der Waals surface area contributed by atoms with Crippen molar-refractivity contribution in [2.75, 3.05) is 13.7 Å². The van der Waals surface area contributed by atoms with Crippen LogP contribution in [0.25, 0.3) is 0 Å². The highest BCUT2D eigenvalue weighted by atomic mass is 35.5. The van der Waals surface area contributed by atoms with Crippen LogP contribution in [0.2, 0.25) is 0 Å². The van der Waals surface area contributed by atoms with Crippen molar-refractivity contribution in [2.45, 2.75) is 6.42 Å². The molecule has 4 nitrogen and oxygen atoms in total. The van der Waals surface area contributed by atoms with Crippen molar-refractivity contribution in [2.24, 2.45) is 0 Å². The van der Waals surface area contributed by atoms with E-state index in [9.17, 15) is 9.59 Å². The molecule has 2 aromatic carbocycles. The summed E-state index contributed by atoms with van der Waals surface area (Å²) in [5.41, 5.74) is 1.97. The minimum atomic E-state index is -0.323. The minimum absolute atomic E-state index is 0.0515. The molecule has 0 aromatic heterocycles. The number of ether oxygens (including phenoxy) is 1. The second kappa shape index (κ2) is 6.89. The Morgan fingerprint density at radius 1 is 1.00 bits per heavy atom. The van der Waals surface area contributed by atoms with Crippen LogP contribution in [0.5, 0.6) is 5.75 Å². The summed E-state index contributed by atoms with van der Waals surface area (Å²) in [4.78, 5) is 24.8. The third-order valence-corrected chi connectivity index (χ3v) is 4.27. The number of Topliss-reactive ketones (excluding diaryl/α,β-unsaturated/α-hetero) is 2. The van der Waals surface area contributed by atoms with Gasteiger partial charge in [0.1, 0.15) is 16.5 Å². The Morgan fingerprint density at radius 3 is 2.42 bits per heavy atom. The summed E-state index contributed by atoms with van der Waals surface area (Å²) >= 11 is 6.11. The van der Waals surface area contributed by atoms with Crippen molar-refractivity contribution in [3.63, 3.8) is 0 Å². The number of rotatable bonds is 5. The van der Waals surface area contributed by atoms with Crippen LogP contribution in [0, 0.1) is 0 Å². The van der Waals surface area contributed by atoms with Gasteiger partial charge in [0.2, 0.25) is 11.6 Å². The number of hydrogen-bond donors (Lipinski definition) is 1. The maximum Gasteiger partial charge on any atom is 0.211 e. The largest absolute Gasteiger partial charge is 0.497 e. The highest BCUT2D eigenvalue weighted by Crippen LogP contribution is 2.27. The van der Waals surface area contributed by atoms with Gasteiger partial charge in [-0.25, -0.2) is 0 Å². The van der Waals surface area contributed by atoms with Gasteiger partial charge in [0, 0.05) is 17.7 Å². The van der Waals surface area contributed by atoms with E-state index in [2.05, 4.69) is 5.32 Å². The lowest BCUT2D eigenvalue weighted by Crippen LogP contribution is -2.30. The summed E-state index contributed by atoms with van der Waals surface area (Å²) in [6, 6.07) is 14.4. The van der Waals surface area contributed by atoms with Gasteiger partial charge in [-0.3, -0.25) is 9.59 Å². The van der Waals surface area contributed by atoms with E-state index in [4.69, 9.17) is 16.3 Å². The molecule has 2 aromatic rings. The van der Waals surface area contributed by atoms with Gasteiger partial charge < -0.3 is 10.1 Å². The molecule has 24 heavy (non-hydrogen) atoms. The second-order valence-electron chi connectivity index (χ2n) is 5.42. The van der Waals surface area contributed by atoms with E-state index >= 15 is 0 Å². The predicted octanol–water partition coefficient (Wildman–Crippen LogP) is 3.36. The number of halogens is 1. The van der Waals surface area contributed by atoms with Crippen LogP contribution in [-0.4, -0.2) is 25.2 Å². The number of nitrogens with one attached hydrogen (secondary N) is 1. The summed E-state index contributed by atoms with van der Waals surface area (Å²) in [5, 5.41) is 2.96. The number of ketones is 2. The first-order chi connectivity index (χ1) is 11.6. The lowest BCUT2D eigenvalue weighted by atomic mass is 9.92. The lowest BCUT2D eigenvalue weighted by Gasteiger charge is -2.18. The van der Waals surface area contributed by atoms with Gasteiger partial charge in [-0.05, 0) is 24.1 Å². The average Bonchev–Trinajstić information content (AvgIpc) is 2.63. The Hall–Kier alpha value is -2.59. The number of methoxy groups -OCH3 is 1. The van der Waals surface area contributed by atoms with E-state index in [1.165, 1.54) is 0 Å². The molecule has 0 fully saturated rings. The first-order valence-corrected chi connectivity index (χ1v) is 7.94. The summed E-state index contributed by atoms with van der Waals surface area (Å²) in [7, 11) is 1.62. The molecule has 0 aliphatic heterocycles. The van der Waals surface area contributed by atoms with E-state index in [-0.39, 0.29) is 22.3 Å². The fourth-order valence-corrected chi connectivity index (χ4v) is 2.92. The number of carbonyl (C=O) groups excluding carboxylic acids is 2. The lowest BCUT2D eigenvalue weighted by molar-refractivity contribution is 0.0975. The van der Waals surface area contributed by atoms with E-state index in [1.807, 2.05) is 24.3 Å². The van der Waals surface area contributed by atoms with Crippen molar-refractivity contribution in [3.8, 4) is 5.75 Å². The van der Waals surface area contributed by atoms with Gasteiger partial charge >= 0.3 is 0 Å². The number of hydrogen-bond acceptors (Lipinski definition) is 4. The van der Waals surface area contributed by atoms with E-state index in [1.54, 1.807) is 31.4 Å². The molecule has 0 saturated carbocycles. The fourth-order valence-electron chi connectivity index (χ4n) is 2.66. The summed E-state index contributed by atoms with van der Waals surface area (Å²) < 4.78 is 5.19. The quantitative estimate of drug-likeness (QED) is 0.906. The van der Waals surface area contributed by atoms with Crippen molar-refractivity contribution >= 4 is 23.2 Å². The topological polar surface area (TPSA) is 55.4 Å². The Morgan fingerprint density at radius 2 is 1.71 bits per heavy atom. The maximum atomic E-state index is 12.5. The third-order valence-electron chi connectivity index (χ3n) is 3.91. The number of benzene rings is 2. The zero-order chi connectivity index (χ0) is 17.1. The molecule has 122 valence electrons. The van der Waals surface area contributed by atoms with Crippen molar-refractivity contribution in [3.05, 3.63) is 76.0 Å². The molecule has 0 spiro atoms. The molecular weight excluding hydrogens is 326 g/mol. The SMILES string of the molecule is COc1cccc(CCNC2=C(Cl)C(=O)c3ccccc3C2=O)c1. The van der Waals surface area contributed by atoms with Gasteiger partial charge in [-0.2, -0.15) is 0 Å². The van der Waals surface area contributed by atoms with Crippen LogP contribution in [0.1, 0.15) is 26.3 Å². The molecule has 0 radical (unpaired) electrons. The standard InChI is InChI=1S/C19H16ClNO3/c1-24-13-6-4-5-12(11-13)9-10-21-17-16(20)18(22)14-7-2-3-8-15(14)19(17)23/h2-8,11,21H,9-10H2,1H3. The van der Waals surface area contributed by atoms with Crippen molar-refractivity contribution < 1.29 is 14.3 Å². The molecule has 5 heteroatoms. The molecule has 1 aliphatic rings. The molecule has 0 atom stereocenters. The number of carbonyl (C=O) groups is 2. The zero-order valence-corrected chi connectivity index (χ0v) is 13.9. The third kappa shape index (κ3) is 3.05. The molecule has 0 heterocycles. The van der Waals surface area contributed by atoms with Crippen molar-refractivity contribution in [1.82, 2.24) is 5.32 Å². The second-order valence-corrected chi connectivity index (χ2v) is 5.80. The van der Waals surface area contributed by atoms with Gasteiger partial charge in [-0.1, -0.05) is 48.0 Å². The van der Waals surface area contributed by atoms with Gasteiger partial charge in [0.25, 0.3) is 0 Å². The first kappa shape index (κ1) is 16.3. The molecule has 0 unspecified atom stereocenters. The Balaban J connectivity index is 1.74. The van der Waals surface area contributed by atoms with Crippen LogP contribution in [0.3, 0.4) is 0 Å². The predicted molar refractivity (Wildman–Crippen MR) is 92.7 cm³/mol. The summed E-state index contributed by atoms with van der Waals surface area (Å²) in [6.45, 7) is 0.486. The normalized spacial score (nSPS) is 13.8. The Labute approximate surface area is 145 Å². The van der Waals surface area contributed by atoms with E-state index in [0.29, 0.717) is 24.1 Å². The molecule has 3 rings (SSSR count). The zero-order valence-electron chi connectivity index (χ0n) is 13.1. The minimum Gasteiger partial charge on any atom is -0.497 e. The molecule has 0 amide bonds. The van der Waals surface area contributed by atoms with Gasteiger partial charge in [0.15, 0.2) is 0 Å². The highest BCUT2D eigenvalue weighted by molar-refractivity contribution is 6.49. The van der Waals surface area contributed by atoms with Crippen molar-refractivity contribution in [1.29, 1.82) is 0 Å². The molecule has 0 bridgehead atoms. The Kier molecular flexibility index (Phi) is 4.67. The van der Waals surface area contributed by atoms with Crippen LogP contribution in [0.15, 0.2) is 59.3 Å². The van der Waals surface area contributed by atoms with Crippen LogP contribution in [-0.2, 0) is 6.42 Å². The monoisotopic (exact) mass is 341 g/mol. The maximum absolute atomic E-state index is 12.5. The van der Waals surface area contributed by atoms with E-state index < -0.39 is 0 Å². The number of allylic oxidation sites excluding steroid dienone is 2. The van der Waals surface area contributed by atoms with Crippen LogP contribution in [0.4, 0.5) is 0 Å².